The quantitative estimate of drug-likeness (QED) is 0.758. The summed E-state index contributed by atoms with van der Waals surface area (Å²) in [5, 5.41) is 11.3. The third kappa shape index (κ3) is 6.18. The molecule has 0 aliphatic rings. The van der Waals surface area contributed by atoms with Gasteiger partial charge in [0.1, 0.15) is 0 Å². The lowest BCUT2D eigenvalue weighted by atomic mass is 10.1. The van der Waals surface area contributed by atoms with Gasteiger partial charge in [-0.1, -0.05) is 54.6 Å². The van der Waals surface area contributed by atoms with Crippen molar-refractivity contribution < 1.29 is 14.7 Å². The van der Waals surface area contributed by atoms with E-state index in [1.807, 2.05) is 66.7 Å². The molecule has 2 aromatic rings. The van der Waals surface area contributed by atoms with Crippen LogP contribution >= 0.6 is 0 Å². The number of hydrogen-bond donors (Lipinski definition) is 2. The van der Waals surface area contributed by atoms with E-state index in [1.165, 1.54) is 0 Å². The van der Waals surface area contributed by atoms with E-state index in [1.54, 1.807) is 0 Å². The normalized spacial score (nSPS) is 10.6. The zero-order valence-corrected chi connectivity index (χ0v) is 12.7. The summed E-state index contributed by atoms with van der Waals surface area (Å²) in [4.78, 5) is 22.1. The van der Waals surface area contributed by atoms with Crippen LogP contribution in [0.4, 0.5) is 5.69 Å². The van der Waals surface area contributed by atoms with E-state index in [4.69, 9.17) is 5.11 Å². The minimum atomic E-state index is -0.882. The molecule has 2 rings (SSSR count). The van der Waals surface area contributed by atoms with Crippen molar-refractivity contribution in [3.63, 3.8) is 0 Å². The van der Waals surface area contributed by atoms with E-state index >= 15 is 0 Å². The lowest BCUT2D eigenvalue weighted by Crippen LogP contribution is -2.11. The van der Waals surface area contributed by atoms with E-state index in [2.05, 4.69) is 5.32 Å². The van der Waals surface area contributed by atoms with Gasteiger partial charge in [-0.05, 0) is 29.7 Å². The number of amides is 1. The molecule has 118 valence electrons. The van der Waals surface area contributed by atoms with Gasteiger partial charge >= 0.3 is 5.97 Å². The topological polar surface area (TPSA) is 66.4 Å². The average molecular weight is 309 g/mol. The number of hydrogen-bond acceptors (Lipinski definition) is 2. The van der Waals surface area contributed by atoms with Crippen molar-refractivity contribution in [3.8, 4) is 0 Å². The molecule has 2 N–H and O–H groups in total. The monoisotopic (exact) mass is 309 g/mol. The predicted molar refractivity (Wildman–Crippen MR) is 91.9 cm³/mol. The fraction of sp³-hybridized carbons (Fsp3) is 0.158. The van der Waals surface area contributed by atoms with Crippen LogP contribution in [-0.4, -0.2) is 17.0 Å². The number of aliphatic carboxylic acids is 1. The summed E-state index contributed by atoms with van der Waals surface area (Å²) in [5.41, 5.74) is 2.88. The van der Waals surface area contributed by atoms with Gasteiger partial charge in [0, 0.05) is 18.5 Å². The molecule has 0 unspecified atom stereocenters. The first-order chi connectivity index (χ1) is 11.1. The number of carboxylic acids is 1. The minimum absolute atomic E-state index is 0.0106. The molecule has 4 heteroatoms. The Kier molecular flexibility index (Phi) is 6.12. The molecule has 23 heavy (non-hydrogen) atoms. The first-order valence-corrected chi connectivity index (χ1v) is 7.48. The van der Waals surface area contributed by atoms with E-state index in [-0.39, 0.29) is 18.7 Å². The summed E-state index contributed by atoms with van der Waals surface area (Å²) < 4.78 is 0. The number of carbonyl (C=O) groups is 2. The van der Waals surface area contributed by atoms with Gasteiger partial charge in [-0.3, -0.25) is 9.59 Å². The summed E-state index contributed by atoms with van der Waals surface area (Å²) in [6.45, 7) is 0. The second-order valence-corrected chi connectivity index (χ2v) is 5.16. The molecule has 0 atom stereocenters. The van der Waals surface area contributed by atoms with E-state index in [9.17, 15) is 9.59 Å². The van der Waals surface area contributed by atoms with E-state index < -0.39 is 5.97 Å². The van der Waals surface area contributed by atoms with Gasteiger partial charge in [0.05, 0.1) is 0 Å². The van der Waals surface area contributed by atoms with Crippen molar-refractivity contribution >= 4 is 29.7 Å². The summed E-state index contributed by atoms with van der Waals surface area (Å²) in [5.74, 6) is -1.05. The third-order valence-corrected chi connectivity index (χ3v) is 3.26. The van der Waals surface area contributed by atoms with Crippen molar-refractivity contribution in [1.82, 2.24) is 0 Å². The summed E-state index contributed by atoms with van der Waals surface area (Å²) in [6.07, 6.45) is 4.60. The molecular formula is C19H19NO3. The van der Waals surface area contributed by atoms with Crippen molar-refractivity contribution in [2.24, 2.45) is 0 Å². The Morgan fingerprint density at radius 3 is 2.09 bits per heavy atom. The molecule has 0 saturated heterocycles. The molecule has 2 aromatic carbocycles. The molecule has 0 aromatic heterocycles. The number of carbonyl (C=O) groups excluding carboxylic acids is 1. The first-order valence-electron chi connectivity index (χ1n) is 7.48. The minimum Gasteiger partial charge on any atom is -0.481 e. The van der Waals surface area contributed by atoms with Gasteiger partial charge in [-0.2, -0.15) is 0 Å². The van der Waals surface area contributed by atoms with Gasteiger partial charge in [0.2, 0.25) is 5.91 Å². The van der Waals surface area contributed by atoms with Gasteiger partial charge in [0.25, 0.3) is 0 Å². The molecular weight excluding hydrogens is 290 g/mol. The summed E-state index contributed by atoms with van der Waals surface area (Å²) in [7, 11) is 0. The Morgan fingerprint density at radius 1 is 0.870 bits per heavy atom. The molecule has 0 fully saturated rings. The molecule has 0 radical (unpaired) electrons. The second kappa shape index (κ2) is 8.54. The SMILES string of the molecule is O=C(O)CCCC(=O)Nc1ccc(/C=C/c2ccccc2)cc1. The highest BCUT2D eigenvalue weighted by molar-refractivity contribution is 5.91. The largest absolute Gasteiger partial charge is 0.481 e. The van der Waals surface area contributed by atoms with E-state index in [0.29, 0.717) is 12.1 Å². The fourth-order valence-electron chi connectivity index (χ4n) is 2.06. The van der Waals surface area contributed by atoms with Crippen LogP contribution in [0.1, 0.15) is 30.4 Å². The van der Waals surface area contributed by atoms with Crippen LogP contribution in [0, 0.1) is 0 Å². The lowest BCUT2D eigenvalue weighted by Gasteiger charge is -2.05. The first kappa shape index (κ1) is 16.5. The lowest BCUT2D eigenvalue weighted by molar-refractivity contribution is -0.137. The fourth-order valence-corrected chi connectivity index (χ4v) is 2.06. The van der Waals surface area contributed by atoms with Crippen LogP contribution in [-0.2, 0) is 9.59 Å². The molecule has 4 nitrogen and oxygen atoms in total. The number of benzene rings is 2. The van der Waals surface area contributed by atoms with Crippen molar-refractivity contribution in [3.05, 3.63) is 65.7 Å². The number of nitrogens with one attached hydrogen (secondary N) is 1. The van der Waals surface area contributed by atoms with Crippen LogP contribution in [0.5, 0.6) is 0 Å². The maximum absolute atomic E-state index is 11.7. The second-order valence-electron chi connectivity index (χ2n) is 5.16. The summed E-state index contributed by atoms with van der Waals surface area (Å²) >= 11 is 0. The highest BCUT2D eigenvalue weighted by Crippen LogP contribution is 2.13. The highest BCUT2D eigenvalue weighted by Gasteiger charge is 2.04. The molecule has 0 aliphatic heterocycles. The number of carboxylic acid groups (broad SMARTS) is 1. The van der Waals surface area contributed by atoms with Crippen molar-refractivity contribution in [2.75, 3.05) is 5.32 Å². The zero-order valence-electron chi connectivity index (χ0n) is 12.7. The summed E-state index contributed by atoms with van der Waals surface area (Å²) in [6, 6.07) is 17.5. The Hall–Kier alpha value is -2.88. The molecule has 0 aliphatic carbocycles. The Balaban J connectivity index is 1.86. The van der Waals surface area contributed by atoms with Gasteiger partial charge in [-0.25, -0.2) is 0 Å². The molecule has 0 spiro atoms. The number of rotatable bonds is 7. The average Bonchev–Trinajstić information content (AvgIpc) is 2.55. The van der Waals surface area contributed by atoms with Crippen LogP contribution in [0.2, 0.25) is 0 Å². The number of anilines is 1. The van der Waals surface area contributed by atoms with Crippen LogP contribution < -0.4 is 5.32 Å². The van der Waals surface area contributed by atoms with Gasteiger partial charge in [0.15, 0.2) is 0 Å². The van der Waals surface area contributed by atoms with Crippen molar-refractivity contribution in [2.45, 2.75) is 19.3 Å². The molecule has 1 amide bonds. The van der Waals surface area contributed by atoms with Crippen LogP contribution in [0.25, 0.3) is 12.2 Å². The molecule has 0 heterocycles. The Labute approximate surface area is 135 Å². The maximum atomic E-state index is 11.7. The van der Waals surface area contributed by atoms with Crippen LogP contribution in [0.15, 0.2) is 54.6 Å². The predicted octanol–water partition coefficient (Wildman–Crippen LogP) is 4.05. The third-order valence-electron chi connectivity index (χ3n) is 3.26. The van der Waals surface area contributed by atoms with Gasteiger partial charge in [-0.15, -0.1) is 0 Å². The van der Waals surface area contributed by atoms with E-state index in [0.717, 1.165) is 11.1 Å². The van der Waals surface area contributed by atoms with Crippen molar-refractivity contribution in [1.29, 1.82) is 0 Å². The van der Waals surface area contributed by atoms with Crippen LogP contribution in [0.3, 0.4) is 0 Å². The van der Waals surface area contributed by atoms with Gasteiger partial charge < -0.3 is 10.4 Å². The highest BCUT2D eigenvalue weighted by atomic mass is 16.4. The smallest absolute Gasteiger partial charge is 0.303 e. The standard InChI is InChI=1S/C19H19NO3/c21-18(7-4-8-19(22)23)20-17-13-11-16(12-14-17)10-9-15-5-2-1-3-6-15/h1-3,5-6,9-14H,4,7-8H2,(H,20,21)(H,22,23)/b10-9+. The molecule has 0 bridgehead atoms. The Morgan fingerprint density at radius 2 is 1.48 bits per heavy atom. The Bertz CT molecular complexity index is 676. The zero-order chi connectivity index (χ0) is 16.5. The maximum Gasteiger partial charge on any atom is 0.303 e. The molecule has 0 saturated carbocycles.